The van der Waals surface area contributed by atoms with Crippen molar-refractivity contribution in [2.45, 2.75) is 52.1 Å². The van der Waals surface area contributed by atoms with E-state index in [4.69, 9.17) is 5.11 Å². The summed E-state index contributed by atoms with van der Waals surface area (Å²) in [4.78, 5) is 24.5. The van der Waals surface area contributed by atoms with Crippen LogP contribution in [-0.4, -0.2) is 39.6 Å². The van der Waals surface area contributed by atoms with Gasteiger partial charge in [0.05, 0.1) is 6.42 Å². The van der Waals surface area contributed by atoms with Crippen LogP contribution in [0.2, 0.25) is 0 Å². The lowest BCUT2D eigenvalue weighted by atomic mass is 10.0. The zero-order valence-electron chi connectivity index (χ0n) is 11.9. The van der Waals surface area contributed by atoms with Crippen LogP contribution in [0.1, 0.15) is 41.0 Å². The Bertz CT molecular complexity index is 330. The van der Waals surface area contributed by atoms with Crippen LogP contribution < -0.4 is 5.32 Å². The van der Waals surface area contributed by atoms with E-state index in [1.54, 1.807) is 24.8 Å². The third-order valence-corrected chi connectivity index (χ3v) is 2.41. The first-order valence-electron chi connectivity index (χ1n) is 5.92. The molecule has 0 spiro atoms. The van der Waals surface area contributed by atoms with Crippen LogP contribution in [0.3, 0.4) is 0 Å². The number of carboxylic acid groups (broad SMARTS) is 1. The van der Waals surface area contributed by atoms with Gasteiger partial charge in [0, 0.05) is 17.6 Å². The van der Waals surface area contributed by atoms with E-state index < -0.39 is 11.5 Å². The fourth-order valence-electron chi connectivity index (χ4n) is 1.57. The maximum atomic E-state index is 12.2. The molecule has 5 nitrogen and oxygen atoms in total. The maximum absolute atomic E-state index is 12.2. The average molecular weight is 256 g/mol. The molecule has 5 heteroatoms. The molecule has 0 aliphatic carbocycles. The minimum atomic E-state index is -0.939. The van der Waals surface area contributed by atoms with Gasteiger partial charge in [-0.15, -0.1) is 6.58 Å². The Labute approximate surface area is 109 Å². The molecule has 0 aromatic carbocycles. The molecule has 0 aromatic heterocycles. The van der Waals surface area contributed by atoms with Crippen LogP contribution >= 0.6 is 0 Å². The highest BCUT2D eigenvalue weighted by Gasteiger charge is 2.30. The summed E-state index contributed by atoms with van der Waals surface area (Å²) in [7, 11) is 0. The SMILES string of the molecule is C=CCN(C(=O)NC(C)(C)CC(=O)O)C(C)(C)C. The Kier molecular flexibility index (Phi) is 5.39. The number of nitrogens with one attached hydrogen (secondary N) is 1. The summed E-state index contributed by atoms with van der Waals surface area (Å²) in [5.41, 5.74) is -1.13. The molecule has 0 rings (SSSR count). The van der Waals surface area contributed by atoms with Crippen LogP contribution in [0, 0.1) is 0 Å². The smallest absolute Gasteiger partial charge is 0.318 e. The highest BCUT2D eigenvalue weighted by Crippen LogP contribution is 2.16. The fourth-order valence-corrected chi connectivity index (χ4v) is 1.57. The molecule has 0 atom stereocenters. The molecule has 0 radical (unpaired) electrons. The molecule has 0 heterocycles. The van der Waals surface area contributed by atoms with E-state index in [1.807, 2.05) is 20.8 Å². The fraction of sp³-hybridized carbons (Fsp3) is 0.692. The minimum absolute atomic E-state index is 0.120. The predicted molar refractivity (Wildman–Crippen MR) is 71.5 cm³/mol. The normalized spacial score (nSPS) is 11.8. The summed E-state index contributed by atoms with van der Waals surface area (Å²) in [6, 6.07) is -0.284. The van der Waals surface area contributed by atoms with Crippen molar-refractivity contribution < 1.29 is 14.7 Å². The van der Waals surface area contributed by atoms with E-state index in [2.05, 4.69) is 11.9 Å². The van der Waals surface area contributed by atoms with Gasteiger partial charge in [-0.25, -0.2) is 4.79 Å². The van der Waals surface area contributed by atoms with Crippen LogP contribution in [0.15, 0.2) is 12.7 Å². The molecule has 2 N–H and O–H groups in total. The molecule has 0 aliphatic rings. The first kappa shape index (κ1) is 16.5. The maximum Gasteiger partial charge on any atom is 0.318 e. The van der Waals surface area contributed by atoms with Crippen molar-refractivity contribution in [3.63, 3.8) is 0 Å². The minimum Gasteiger partial charge on any atom is -0.481 e. The van der Waals surface area contributed by atoms with Gasteiger partial charge in [-0.2, -0.15) is 0 Å². The highest BCUT2D eigenvalue weighted by molar-refractivity contribution is 5.77. The third kappa shape index (κ3) is 5.70. The number of carbonyl (C=O) groups excluding carboxylic acids is 1. The third-order valence-electron chi connectivity index (χ3n) is 2.41. The molecule has 18 heavy (non-hydrogen) atoms. The molecular weight excluding hydrogens is 232 g/mol. The topological polar surface area (TPSA) is 69.6 Å². The first-order valence-corrected chi connectivity index (χ1v) is 5.92. The summed E-state index contributed by atoms with van der Waals surface area (Å²) < 4.78 is 0. The van der Waals surface area contributed by atoms with E-state index in [1.165, 1.54) is 0 Å². The van der Waals surface area contributed by atoms with Crippen molar-refractivity contribution in [2.75, 3.05) is 6.54 Å². The summed E-state index contributed by atoms with van der Waals surface area (Å²) in [6.07, 6.45) is 1.53. The number of urea groups is 1. The molecule has 0 aliphatic heterocycles. The predicted octanol–water partition coefficient (Wildman–Crippen LogP) is 2.24. The van der Waals surface area contributed by atoms with Crippen molar-refractivity contribution in [2.24, 2.45) is 0 Å². The second kappa shape index (κ2) is 5.89. The standard InChI is InChI=1S/C13H24N2O3/c1-7-8-15(12(2,3)4)11(18)14-13(5,6)9-10(16)17/h7H,1,8-9H2,2-6H3,(H,14,18)(H,16,17). The number of carbonyl (C=O) groups is 2. The van der Waals surface area contributed by atoms with E-state index in [-0.39, 0.29) is 18.0 Å². The molecule has 0 aromatic rings. The lowest BCUT2D eigenvalue weighted by Gasteiger charge is -2.37. The van der Waals surface area contributed by atoms with Crippen molar-refractivity contribution in [1.82, 2.24) is 10.2 Å². The lowest BCUT2D eigenvalue weighted by molar-refractivity contribution is -0.138. The number of nitrogens with zero attached hydrogens (tertiary/aromatic N) is 1. The quantitative estimate of drug-likeness (QED) is 0.741. The zero-order valence-corrected chi connectivity index (χ0v) is 11.9. The Morgan fingerprint density at radius 2 is 1.78 bits per heavy atom. The molecule has 0 unspecified atom stereocenters. The van der Waals surface area contributed by atoms with Gasteiger partial charge < -0.3 is 15.3 Å². The van der Waals surface area contributed by atoms with E-state index >= 15 is 0 Å². The van der Waals surface area contributed by atoms with Gasteiger partial charge in [-0.3, -0.25) is 4.79 Å². The zero-order chi connectivity index (χ0) is 14.6. The second-order valence-corrected chi connectivity index (χ2v) is 5.95. The van der Waals surface area contributed by atoms with Crippen LogP contribution in [-0.2, 0) is 4.79 Å². The Morgan fingerprint density at radius 3 is 2.11 bits per heavy atom. The highest BCUT2D eigenvalue weighted by atomic mass is 16.4. The molecule has 2 amide bonds. The molecule has 0 bridgehead atoms. The van der Waals surface area contributed by atoms with Crippen molar-refractivity contribution in [3.8, 4) is 0 Å². The van der Waals surface area contributed by atoms with E-state index in [9.17, 15) is 9.59 Å². The molecule has 0 saturated carbocycles. The Hall–Kier alpha value is -1.52. The first-order chi connectivity index (χ1) is 7.99. The second-order valence-electron chi connectivity index (χ2n) is 5.95. The van der Waals surface area contributed by atoms with E-state index in [0.717, 1.165) is 0 Å². The van der Waals surface area contributed by atoms with Gasteiger partial charge in [0.15, 0.2) is 0 Å². The van der Waals surface area contributed by atoms with Crippen molar-refractivity contribution in [3.05, 3.63) is 12.7 Å². The molecule has 0 fully saturated rings. The Balaban J connectivity index is 4.80. The van der Waals surface area contributed by atoms with Gasteiger partial charge in [0.1, 0.15) is 0 Å². The number of rotatable bonds is 5. The van der Waals surface area contributed by atoms with Gasteiger partial charge in [0.2, 0.25) is 0 Å². The summed E-state index contributed by atoms with van der Waals surface area (Å²) in [6.45, 7) is 13.2. The largest absolute Gasteiger partial charge is 0.481 e. The molecular formula is C13H24N2O3. The molecule has 0 saturated heterocycles. The lowest BCUT2D eigenvalue weighted by Crippen LogP contribution is -2.56. The number of aliphatic carboxylic acids is 1. The number of amides is 2. The Morgan fingerprint density at radius 1 is 1.28 bits per heavy atom. The van der Waals surface area contributed by atoms with Crippen molar-refractivity contribution in [1.29, 1.82) is 0 Å². The summed E-state index contributed by atoms with van der Waals surface area (Å²) >= 11 is 0. The van der Waals surface area contributed by atoms with Gasteiger partial charge in [0.25, 0.3) is 0 Å². The average Bonchev–Trinajstić information content (AvgIpc) is 2.08. The van der Waals surface area contributed by atoms with Crippen LogP contribution in [0.4, 0.5) is 4.79 Å². The van der Waals surface area contributed by atoms with Crippen LogP contribution in [0.5, 0.6) is 0 Å². The van der Waals surface area contributed by atoms with Crippen molar-refractivity contribution >= 4 is 12.0 Å². The van der Waals surface area contributed by atoms with Gasteiger partial charge in [-0.1, -0.05) is 6.08 Å². The number of hydrogen-bond acceptors (Lipinski definition) is 2. The van der Waals surface area contributed by atoms with Gasteiger partial charge in [-0.05, 0) is 34.6 Å². The summed E-state index contributed by atoms with van der Waals surface area (Å²) in [5, 5.41) is 11.5. The van der Waals surface area contributed by atoms with Gasteiger partial charge >= 0.3 is 12.0 Å². The monoisotopic (exact) mass is 256 g/mol. The molecule has 104 valence electrons. The van der Waals surface area contributed by atoms with E-state index in [0.29, 0.717) is 6.54 Å². The summed E-state index contributed by atoms with van der Waals surface area (Å²) in [5.74, 6) is -0.939. The van der Waals surface area contributed by atoms with Crippen LogP contribution in [0.25, 0.3) is 0 Å². The number of hydrogen-bond donors (Lipinski definition) is 2. The number of carboxylic acids is 1.